The van der Waals surface area contributed by atoms with Gasteiger partial charge in [-0.25, -0.2) is 19.9 Å². The molecule has 0 saturated carbocycles. The smallest absolute Gasteiger partial charge is 0.162 e. The molecule has 0 aliphatic heterocycles. The van der Waals surface area contributed by atoms with Crippen LogP contribution in [0.2, 0.25) is 0 Å². The molecule has 0 fully saturated rings. The third kappa shape index (κ3) is 7.29. The van der Waals surface area contributed by atoms with Gasteiger partial charge in [-0.1, -0.05) is 163 Å². The molecule has 0 spiro atoms. The molecule has 0 radical (unpaired) electrons. The predicted molar refractivity (Wildman–Crippen MR) is 269 cm³/mol. The Morgan fingerprint density at radius 1 is 0.394 bits per heavy atom. The number of aromatic nitrogens is 5. The molecule has 0 N–H and O–H groups in total. The van der Waals surface area contributed by atoms with Gasteiger partial charge in [0, 0.05) is 44.2 Å². The minimum atomic E-state index is 0.452. The lowest BCUT2D eigenvalue weighted by molar-refractivity contribution is 1.13. The Hall–Kier alpha value is -8.79. The quantitative estimate of drug-likeness (QED) is 0.152. The first-order valence-corrected chi connectivity index (χ1v) is 22.1. The maximum Gasteiger partial charge on any atom is 0.162 e. The van der Waals surface area contributed by atoms with Gasteiger partial charge in [-0.2, -0.15) is 5.26 Å². The van der Waals surface area contributed by atoms with E-state index in [1.54, 1.807) is 0 Å². The molecule has 0 unspecified atom stereocenters. The predicted octanol–water partition coefficient (Wildman–Crippen LogP) is 14.8. The fraction of sp³-hybridized carbons (Fsp3) is 0.0500. The zero-order valence-electron chi connectivity index (χ0n) is 36.7. The molecule has 312 valence electrons. The van der Waals surface area contributed by atoms with Crippen molar-refractivity contribution in [2.75, 3.05) is 0 Å². The van der Waals surface area contributed by atoms with Crippen LogP contribution in [-0.4, -0.2) is 24.5 Å². The summed E-state index contributed by atoms with van der Waals surface area (Å²) in [6.07, 6.45) is 0. The van der Waals surface area contributed by atoms with Gasteiger partial charge < -0.3 is 4.57 Å². The van der Waals surface area contributed by atoms with Gasteiger partial charge >= 0.3 is 0 Å². The number of para-hydroxylation sites is 1. The highest BCUT2D eigenvalue weighted by molar-refractivity contribution is 6.12. The molecule has 3 aromatic heterocycles. The van der Waals surface area contributed by atoms with Crippen molar-refractivity contribution in [1.82, 2.24) is 24.5 Å². The number of rotatable bonds is 8. The number of nitrogens with zero attached hydrogens (tertiary/aromatic N) is 6. The summed E-state index contributed by atoms with van der Waals surface area (Å²) in [5, 5.41) is 13.1. The molecule has 8 aromatic carbocycles. The third-order valence-corrected chi connectivity index (χ3v) is 12.3. The molecule has 0 saturated heterocycles. The Balaban J connectivity index is 1.28. The zero-order chi connectivity index (χ0) is 44.7. The molecule has 0 atom stereocenters. The molecule has 66 heavy (non-hydrogen) atoms. The van der Waals surface area contributed by atoms with E-state index in [2.05, 4.69) is 122 Å². The van der Waals surface area contributed by atoms with E-state index >= 15 is 0 Å². The Labute approximate surface area is 383 Å². The largest absolute Gasteiger partial charge is 0.308 e. The van der Waals surface area contributed by atoms with Crippen LogP contribution in [0.3, 0.4) is 0 Å². The molecule has 0 aliphatic rings. The van der Waals surface area contributed by atoms with Crippen LogP contribution >= 0.6 is 0 Å². The fourth-order valence-electron chi connectivity index (χ4n) is 9.45. The highest BCUT2D eigenvalue weighted by atomic mass is 15.0. The van der Waals surface area contributed by atoms with Gasteiger partial charge in [-0.3, -0.25) is 0 Å². The maximum absolute atomic E-state index is 10.9. The third-order valence-electron chi connectivity index (χ3n) is 12.3. The van der Waals surface area contributed by atoms with Crippen LogP contribution in [0.4, 0.5) is 0 Å². The Morgan fingerprint density at radius 2 is 0.864 bits per heavy atom. The highest BCUT2D eigenvalue weighted by Gasteiger charge is 2.26. The van der Waals surface area contributed by atoms with Crippen LogP contribution in [0.15, 0.2) is 200 Å². The lowest BCUT2D eigenvalue weighted by Gasteiger charge is -2.20. The van der Waals surface area contributed by atoms with Crippen molar-refractivity contribution < 1.29 is 0 Å². The standard InChI is InChI=1S/C60H42N6/c1-38-30-39(2)57(40(3)31-38)46-28-29-56-48(34-46)47-26-16-17-27-55(47)66(56)58-49(54-36-53(44-22-12-6-13-23-44)62-59(65-54)45-24-14-7-15-25-45)32-41(37-61)33-50(58)60-63-51(42-18-8-4-9-19-42)35-52(64-60)43-20-10-5-11-21-43/h4-36H,1-3H3. The number of hydrogen-bond donors (Lipinski definition) is 0. The van der Waals surface area contributed by atoms with Crippen LogP contribution in [-0.2, 0) is 0 Å². The van der Waals surface area contributed by atoms with Gasteiger partial charge in [0.05, 0.1) is 51.1 Å². The van der Waals surface area contributed by atoms with E-state index in [-0.39, 0.29) is 0 Å². The van der Waals surface area contributed by atoms with Crippen LogP contribution < -0.4 is 0 Å². The minimum absolute atomic E-state index is 0.452. The lowest BCUT2D eigenvalue weighted by atomic mass is 9.93. The van der Waals surface area contributed by atoms with Gasteiger partial charge in [0.15, 0.2) is 11.6 Å². The average molecular weight is 847 g/mol. The molecule has 0 amide bonds. The topological polar surface area (TPSA) is 80.3 Å². The summed E-state index contributed by atoms with van der Waals surface area (Å²) in [6, 6.07) is 71.0. The second kappa shape index (κ2) is 16.7. The molecular weight excluding hydrogens is 805 g/mol. The lowest BCUT2D eigenvalue weighted by Crippen LogP contribution is -2.06. The van der Waals surface area contributed by atoms with Crippen molar-refractivity contribution in [1.29, 1.82) is 5.26 Å². The first-order chi connectivity index (χ1) is 32.4. The van der Waals surface area contributed by atoms with Crippen molar-refractivity contribution in [2.24, 2.45) is 0 Å². The van der Waals surface area contributed by atoms with Crippen LogP contribution in [0, 0.1) is 32.1 Å². The normalized spacial score (nSPS) is 11.2. The summed E-state index contributed by atoms with van der Waals surface area (Å²) in [5.74, 6) is 1.06. The van der Waals surface area contributed by atoms with E-state index in [4.69, 9.17) is 19.9 Å². The van der Waals surface area contributed by atoms with Crippen LogP contribution in [0.1, 0.15) is 22.3 Å². The maximum atomic E-state index is 10.9. The van der Waals surface area contributed by atoms with E-state index in [0.717, 1.165) is 78.0 Å². The van der Waals surface area contributed by atoms with Gasteiger partial charge in [0.1, 0.15) is 0 Å². The van der Waals surface area contributed by atoms with E-state index in [1.807, 2.05) is 109 Å². The SMILES string of the molecule is Cc1cc(C)c(-c2ccc3c(c2)c2ccccc2n3-c2c(-c3cc(-c4ccccc4)nc(-c4ccccc4)n3)cc(C#N)cc2-c2nc(-c3ccccc3)cc(-c3ccccc3)n2)c(C)c1. The molecule has 6 nitrogen and oxygen atoms in total. The van der Waals surface area contributed by atoms with Gasteiger partial charge in [0.2, 0.25) is 0 Å². The second-order valence-corrected chi connectivity index (χ2v) is 16.8. The summed E-state index contributed by atoms with van der Waals surface area (Å²) >= 11 is 0. The van der Waals surface area contributed by atoms with Crippen molar-refractivity contribution in [2.45, 2.75) is 20.8 Å². The number of benzene rings is 8. The molecule has 3 heterocycles. The van der Waals surface area contributed by atoms with Gasteiger partial charge in [-0.05, 0) is 85.5 Å². The molecule has 0 bridgehead atoms. The highest BCUT2D eigenvalue weighted by Crippen LogP contribution is 2.44. The van der Waals surface area contributed by atoms with Crippen molar-refractivity contribution in [3.8, 4) is 90.7 Å². The summed E-state index contributed by atoms with van der Waals surface area (Å²) in [7, 11) is 0. The Bertz CT molecular complexity index is 3380. The van der Waals surface area contributed by atoms with E-state index in [1.165, 1.54) is 22.3 Å². The number of nitriles is 1. The molecule has 6 heteroatoms. The first kappa shape index (κ1) is 40.0. The second-order valence-electron chi connectivity index (χ2n) is 16.8. The first-order valence-electron chi connectivity index (χ1n) is 22.1. The molecular formula is C60H42N6. The van der Waals surface area contributed by atoms with Crippen molar-refractivity contribution in [3.05, 3.63) is 222 Å². The molecule has 11 aromatic rings. The summed E-state index contributed by atoms with van der Waals surface area (Å²) in [5.41, 5.74) is 17.5. The number of aryl methyl sites for hydroxylation is 3. The monoisotopic (exact) mass is 846 g/mol. The zero-order valence-corrected chi connectivity index (χ0v) is 36.7. The van der Waals surface area contributed by atoms with Gasteiger partial charge in [0.25, 0.3) is 0 Å². The van der Waals surface area contributed by atoms with E-state index in [9.17, 15) is 5.26 Å². The Kier molecular flexibility index (Phi) is 10.1. The van der Waals surface area contributed by atoms with E-state index < -0.39 is 0 Å². The molecule has 0 aliphatic carbocycles. The summed E-state index contributed by atoms with van der Waals surface area (Å²) < 4.78 is 2.32. The van der Waals surface area contributed by atoms with Crippen LogP contribution in [0.5, 0.6) is 0 Å². The van der Waals surface area contributed by atoms with Crippen LogP contribution in [0.25, 0.3) is 106 Å². The average Bonchev–Trinajstić information content (AvgIpc) is 3.69. The molecule has 11 rings (SSSR count). The van der Waals surface area contributed by atoms with Crippen molar-refractivity contribution >= 4 is 21.8 Å². The summed E-state index contributed by atoms with van der Waals surface area (Å²) in [4.78, 5) is 21.3. The summed E-state index contributed by atoms with van der Waals surface area (Å²) in [6.45, 7) is 6.54. The minimum Gasteiger partial charge on any atom is -0.308 e. The number of fused-ring (bicyclic) bond motifs is 3. The van der Waals surface area contributed by atoms with Gasteiger partial charge in [-0.15, -0.1) is 0 Å². The van der Waals surface area contributed by atoms with E-state index in [0.29, 0.717) is 28.5 Å². The van der Waals surface area contributed by atoms with Crippen molar-refractivity contribution in [3.63, 3.8) is 0 Å². The number of hydrogen-bond acceptors (Lipinski definition) is 5. The fourth-order valence-corrected chi connectivity index (χ4v) is 9.45. The Morgan fingerprint density at radius 3 is 1.44 bits per heavy atom.